The number of benzene rings is 1. The number of rotatable bonds is 4. The Hall–Kier alpha value is -1.06. The van der Waals surface area contributed by atoms with E-state index in [0.29, 0.717) is 0 Å². The molecule has 0 aliphatic carbocycles. The molecule has 0 radical (unpaired) electrons. The van der Waals surface area contributed by atoms with Gasteiger partial charge in [0.05, 0.1) is 12.2 Å². The second kappa shape index (κ2) is 4.90. The van der Waals surface area contributed by atoms with Crippen molar-refractivity contribution in [3.05, 3.63) is 29.8 Å². The Morgan fingerprint density at radius 1 is 1.33 bits per heavy atom. The van der Waals surface area contributed by atoms with Crippen LogP contribution in [0, 0.1) is 0 Å². The van der Waals surface area contributed by atoms with Crippen molar-refractivity contribution in [1.29, 1.82) is 0 Å². The highest BCUT2D eigenvalue weighted by Gasteiger charge is 2.46. The van der Waals surface area contributed by atoms with Crippen molar-refractivity contribution in [2.45, 2.75) is 37.9 Å². The lowest BCUT2D eigenvalue weighted by Gasteiger charge is -2.37. The minimum atomic E-state index is 0.0762. The van der Waals surface area contributed by atoms with Gasteiger partial charge in [-0.05, 0) is 24.1 Å². The van der Waals surface area contributed by atoms with E-state index in [9.17, 15) is 0 Å². The third-order valence-electron chi connectivity index (χ3n) is 3.83. The van der Waals surface area contributed by atoms with Crippen molar-refractivity contribution < 1.29 is 9.47 Å². The van der Waals surface area contributed by atoms with Crippen LogP contribution in [0.25, 0.3) is 0 Å². The summed E-state index contributed by atoms with van der Waals surface area (Å²) in [5.74, 6) is 0.966. The third-order valence-corrected chi connectivity index (χ3v) is 3.83. The Labute approximate surface area is 108 Å². The van der Waals surface area contributed by atoms with E-state index in [1.165, 1.54) is 12.0 Å². The summed E-state index contributed by atoms with van der Waals surface area (Å²) in [5, 5.41) is 3.27. The Morgan fingerprint density at radius 3 is 2.67 bits per heavy atom. The number of hydrogen-bond acceptors (Lipinski definition) is 3. The first kappa shape index (κ1) is 12.0. The maximum Gasteiger partial charge on any atom is 0.125 e. The molecule has 2 aliphatic rings. The molecule has 3 heteroatoms. The first-order chi connectivity index (χ1) is 8.80. The van der Waals surface area contributed by atoms with Gasteiger partial charge in [0, 0.05) is 19.5 Å². The molecule has 1 aromatic carbocycles. The second-order valence-electron chi connectivity index (χ2n) is 5.44. The zero-order chi connectivity index (χ0) is 12.4. The van der Waals surface area contributed by atoms with E-state index < -0.39 is 0 Å². The zero-order valence-corrected chi connectivity index (χ0v) is 10.9. The fourth-order valence-corrected chi connectivity index (χ4v) is 2.74. The fourth-order valence-electron chi connectivity index (χ4n) is 2.74. The third kappa shape index (κ3) is 2.38. The Balaban J connectivity index is 1.56. The summed E-state index contributed by atoms with van der Waals surface area (Å²) < 4.78 is 11.8. The van der Waals surface area contributed by atoms with Crippen LogP contribution in [-0.2, 0) is 11.2 Å². The van der Waals surface area contributed by atoms with E-state index >= 15 is 0 Å². The van der Waals surface area contributed by atoms with E-state index in [1.807, 2.05) is 0 Å². The molecule has 1 aromatic rings. The molecular weight excluding hydrogens is 226 g/mol. The van der Waals surface area contributed by atoms with Crippen LogP contribution in [0.5, 0.6) is 5.75 Å². The van der Waals surface area contributed by atoms with Crippen LogP contribution < -0.4 is 10.1 Å². The number of aryl methyl sites for hydroxylation is 1. The van der Waals surface area contributed by atoms with Gasteiger partial charge >= 0.3 is 0 Å². The molecule has 1 spiro atoms. The lowest BCUT2D eigenvalue weighted by molar-refractivity contribution is -0.0368. The highest BCUT2D eigenvalue weighted by Crippen LogP contribution is 2.31. The molecular formula is C15H21NO2. The largest absolute Gasteiger partial charge is 0.488 e. The van der Waals surface area contributed by atoms with Crippen molar-refractivity contribution in [3.8, 4) is 5.75 Å². The van der Waals surface area contributed by atoms with Gasteiger partial charge in [-0.3, -0.25) is 0 Å². The maximum absolute atomic E-state index is 5.99. The van der Waals surface area contributed by atoms with Crippen molar-refractivity contribution >= 4 is 0 Å². The van der Waals surface area contributed by atoms with Crippen LogP contribution in [0.4, 0.5) is 0 Å². The van der Waals surface area contributed by atoms with E-state index in [-0.39, 0.29) is 11.7 Å². The Morgan fingerprint density at radius 2 is 2.11 bits per heavy atom. The van der Waals surface area contributed by atoms with Crippen LogP contribution >= 0.6 is 0 Å². The molecule has 0 aromatic heterocycles. The van der Waals surface area contributed by atoms with Gasteiger partial charge in [-0.2, -0.15) is 0 Å². The monoisotopic (exact) mass is 247 g/mol. The molecule has 2 heterocycles. The Bertz CT molecular complexity index is 397. The van der Waals surface area contributed by atoms with Gasteiger partial charge in [-0.1, -0.05) is 25.5 Å². The molecule has 98 valence electrons. The predicted octanol–water partition coefficient (Wildman–Crippen LogP) is 2.15. The standard InChI is InChI=1S/C15H21NO2/c1-2-3-12-4-6-13(7-5-12)18-14-8-15(17-9-14)10-16-11-15/h4-7,14,16H,2-3,8-11H2,1H3/t14-/m1/s1. The molecule has 1 atom stereocenters. The van der Waals surface area contributed by atoms with Crippen molar-refractivity contribution in [1.82, 2.24) is 5.32 Å². The smallest absolute Gasteiger partial charge is 0.125 e. The molecule has 2 aliphatic heterocycles. The van der Waals surface area contributed by atoms with Crippen molar-refractivity contribution in [2.24, 2.45) is 0 Å². The molecule has 3 nitrogen and oxygen atoms in total. The van der Waals surface area contributed by atoms with Gasteiger partial charge < -0.3 is 14.8 Å². The summed E-state index contributed by atoms with van der Waals surface area (Å²) in [4.78, 5) is 0. The number of ether oxygens (including phenoxy) is 2. The summed E-state index contributed by atoms with van der Waals surface area (Å²) in [6, 6.07) is 8.48. The van der Waals surface area contributed by atoms with Crippen LogP contribution in [0.3, 0.4) is 0 Å². The highest BCUT2D eigenvalue weighted by molar-refractivity contribution is 5.27. The van der Waals surface area contributed by atoms with Gasteiger partial charge in [0.15, 0.2) is 0 Å². The number of nitrogens with one attached hydrogen (secondary N) is 1. The van der Waals surface area contributed by atoms with Crippen LogP contribution in [0.15, 0.2) is 24.3 Å². The SMILES string of the molecule is CCCc1ccc(O[C@H]2COC3(CNC3)C2)cc1. The van der Waals surface area contributed by atoms with Gasteiger partial charge in [0.2, 0.25) is 0 Å². The Kier molecular flexibility index (Phi) is 3.27. The molecule has 0 bridgehead atoms. The maximum atomic E-state index is 5.99. The van der Waals surface area contributed by atoms with Gasteiger partial charge in [0.1, 0.15) is 11.9 Å². The van der Waals surface area contributed by atoms with E-state index in [1.54, 1.807) is 0 Å². The molecule has 3 rings (SSSR count). The van der Waals surface area contributed by atoms with E-state index in [0.717, 1.165) is 38.3 Å². The minimum Gasteiger partial charge on any atom is -0.488 e. The molecule has 0 unspecified atom stereocenters. The summed E-state index contributed by atoms with van der Waals surface area (Å²) in [7, 11) is 0. The normalized spacial score (nSPS) is 25.1. The first-order valence-corrected chi connectivity index (χ1v) is 6.90. The molecule has 2 saturated heterocycles. The molecule has 18 heavy (non-hydrogen) atoms. The van der Waals surface area contributed by atoms with E-state index in [2.05, 4.69) is 36.5 Å². The second-order valence-corrected chi connectivity index (χ2v) is 5.44. The summed E-state index contributed by atoms with van der Waals surface area (Å²) >= 11 is 0. The average molecular weight is 247 g/mol. The van der Waals surface area contributed by atoms with Gasteiger partial charge in [0.25, 0.3) is 0 Å². The quantitative estimate of drug-likeness (QED) is 0.884. The molecule has 0 saturated carbocycles. The first-order valence-electron chi connectivity index (χ1n) is 6.90. The van der Waals surface area contributed by atoms with Crippen LogP contribution in [0.2, 0.25) is 0 Å². The molecule has 2 fully saturated rings. The topological polar surface area (TPSA) is 30.5 Å². The lowest BCUT2D eigenvalue weighted by atomic mass is 9.93. The fraction of sp³-hybridized carbons (Fsp3) is 0.600. The van der Waals surface area contributed by atoms with Crippen LogP contribution in [-0.4, -0.2) is 31.4 Å². The average Bonchev–Trinajstić information content (AvgIpc) is 2.76. The highest BCUT2D eigenvalue weighted by atomic mass is 16.6. The molecule has 0 amide bonds. The van der Waals surface area contributed by atoms with E-state index in [4.69, 9.17) is 9.47 Å². The summed E-state index contributed by atoms with van der Waals surface area (Å²) in [5.41, 5.74) is 1.46. The predicted molar refractivity (Wildman–Crippen MR) is 71.0 cm³/mol. The lowest BCUT2D eigenvalue weighted by Crippen LogP contribution is -2.59. The number of hydrogen-bond donors (Lipinski definition) is 1. The van der Waals surface area contributed by atoms with Gasteiger partial charge in [-0.15, -0.1) is 0 Å². The summed E-state index contributed by atoms with van der Waals surface area (Å²) in [6.07, 6.45) is 3.55. The zero-order valence-electron chi connectivity index (χ0n) is 10.9. The minimum absolute atomic E-state index is 0.0762. The summed E-state index contributed by atoms with van der Waals surface area (Å²) in [6.45, 7) is 4.87. The van der Waals surface area contributed by atoms with Crippen molar-refractivity contribution in [2.75, 3.05) is 19.7 Å². The van der Waals surface area contributed by atoms with Crippen molar-refractivity contribution in [3.63, 3.8) is 0 Å². The van der Waals surface area contributed by atoms with Crippen LogP contribution in [0.1, 0.15) is 25.3 Å². The van der Waals surface area contributed by atoms with Gasteiger partial charge in [-0.25, -0.2) is 0 Å². The molecule has 1 N–H and O–H groups in total.